The Hall–Kier alpha value is -1.67. The monoisotopic (exact) mass is 359 g/mol. The van der Waals surface area contributed by atoms with E-state index in [-0.39, 0.29) is 11.5 Å². The third-order valence-electron chi connectivity index (χ3n) is 2.58. The highest BCUT2D eigenvalue weighted by Crippen LogP contribution is 2.27. The van der Waals surface area contributed by atoms with Crippen molar-refractivity contribution in [3.05, 3.63) is 46.3 Å². The molecule has 1 aromatic carbocycles. The maximum atomic E-state index is 13.8. The minimum Gasteiger partial charge on any atom is -0.398 e. The lowest BCUT2D eigenvalue weighted by atomic mass is 10.3. The number of halogens is 2. The molecule has 0 aliphatic rings. The standard InChI is InChI=1S/C12H11BrFN3O2S/c1-7-3-2-4-16-12(7)17-20(18,19)11-6-10(15)8(13)5-9(11)14/h2-6H,15H2,1H3,(H,16,17). The number of aryl methyl sites for hydroxylation is 1. The highest BCUT2D eigenvalue weighted by molar-refractivity contribution is 9.10. The van der Waals surface area contributed by atoms with Crippen molar-refractivity contribution >= 4 is 37.5 Å². The van der Waals surface area contributed by atoms with Crippen molar-refractivity contribution in [2.24, 2.45) is 0 Å². The number of hydrogen-bond acceptors (Lipinski definition) is 4. The molecule has 2 aromatic rings. The second kappa shape index (κ2) is 5.37. The number of rotatable bonds is 3. The Bertz CT molecular complexity index is 765. The molecule has 3 N–H and O–H groups in total. The predicted octanol–water partition coefficient (Wildman–Crippen LogP) is 2.67. The van der Waals surface area contributed by atoms with Gasteiger partial charge in [0.2, 0.25) is 0 Å². The lowest BCUT2D eigenvalue weighted by molar-refractivity contribution is 0.570. The number of nitrogen functional groups attached to an aromatic ring is 1. The van der Waals surface area contributed by atoms with Crippen LogP contribution in [0.4, 0.5) is 15.9 Å². The Morgan fingerprint density at radius 3 is 2.75 bits per heavy atom. The van der Waals surface area contributed by atoms with Gasteiger partial charge in [-0.25, -0.2) is 17.8 Å². The van der Waals surface area contributed by atoms with Crippen LogP contribution in [0.2, 0.25) is 0 Å². The van der Waals surface area contributed by atoms with Gasteiger partial charge in [-0.05, 0) is 46.6 Å². The Kier molecular flexibility index (Phi) is 3.96. The molecule has 20 heavy (non-hydrogen) atoms. The fourth-order valence-corrected chi connectivity index (χ4v) is 3.02. The number of nitrogens with zero attached hydrogens (tertiary/aromatic N) is 1. The number of nitrogens with one attached hydrogen (secondary N) is 1. The van der Waals surface area contributed by atoms with E-state index in [1.807, 2.05) is 0 Å². The largest absolute Gasteiger partial charge is 0.398 e. The molecule has 0 bridgehead atoms. The van der Waals surface area contributed by atoms with Crippen LogP contribution in [-0.2, 0) is 10.0 Å². The third-order valence-corrected chi connectivity index (χ3v) is 4.62. The van der Waals surface area contributed by atoms with E-state index in [4.69, 9.17) is 5.73 Å². The molecule has 0 saturated carbocycles. The summed E-state index contributed by atoms with van der Waals surface area (Å²) < 4.78 is 40.7. The summed E-state index contributed by atoms with van der Waals surface area (Å²) in [5.41, 5.74) is 6.34. The van der Waals surface area contributed by atoms with Gasteiger partial charge in [0.25, 0.3) is 10.0 Å². The third kappa shape index (κ3) is 2.91. The first kappa shape index (κ1) is 14.7. The van der Waals surface area contributed by atoms with E-state index in [9.17, 15) is 12.8 Å². The minimum absolute atomic E-state index is 0.129. The van der Waals surface area contributed by atoms with E-state index < -0.39 is 20.7 Å². The summed E-state index contributed by atoms with van der Waals surface area (Å²) in [7, 11) is -4.09. The lowest BCUT2D eigenvalue weighted by Crippen LogP contribution is -2.16. The van der Waals surface area contributed by atoms with Crippen LogP contribution in [0.1, 0.15) is 5.56 Å². The van der Waals surface area contributed by atoms with Gasteiger partial charge in [-0.1, -0.05) is 6.07 Å². The quantitative estimate of drug-likeness (QED) is 0.825. The van der Waals surface area contributed by atoms with Gasteiger partial charge < -0.3 is 5.73 Å². The van der Waals surface area contributed by atoms with E-state index >= 15 is 0 Å². The molecule has 0 spiro atoms. The van der Waals surface area contributed by atoms with Crippen LogP contribution < -0.4 is 10.5 Å². The van der Waals surface area contributed by atoms with Gasteiger partial charge in [0.05, 0.1) is 0 Å². The van der Waals surface area contributed by atoms with Gasteiger partial charge in [0.1, 0.15) is 16.5 Å². The van der Waals surface area contributed by atoms with Crippen LogP contribution in [-0.4, -0.2) is 13.4 Å². The summed E-state index contributed by atoms with van der Waals surface area (Å²) in [5.74, 6) is -0.749. The maximum Gasteiger partial charge on any atom is 0.266 e. The van der Waals surface area contributed by atoms with E-state index in [1.54, 1.807) is 19.1 Å². The van der Waals surface area contributed by atoms with Crippen molar-refractivity contribution in [3.63, 3.8) is 0 Å². The van der Waals surface area contributed by atoms with Crippen molar-refractivity contribution in [3.8, 4) is 0 Å². The molecule has 0 aliphatic heterocycles. The van der Waals surface area contributed by atoms with Crippen molar-refractivity contribution in [1.82, 2.24) is 4.98 Å². The molecular formula is C12H11BrFN3O2S. The molecule has 0 saturated heterocycles. The number of anilines is 2. The highest BCUT2D eigenvalue weighted by atomic mass is 79.9. The topological polar surface area (TPSA) is 85.1 Å². The zero-order valence-electron chi connectivity index (χ0n) is 10.4. The van der Waals surface area contributed by atoms with E-state index in [1.165, 1.54) is 6.20 Å². The average molecular weight is 360 g/mol. The van der Waals surface area contributed by atoms with E-state index in [0.717, 1.165) is 12.1 Å². The lowest BCUT2D eigenvalue weighted by Gasteiger charge is -2.11. The molecule has 106 valence electrons. The number of sulfonamides is 1. The van der Waals surface area contributed by atoms with Crippen LogP contribution in [0.15, 0.2) is 39.8 Å². The van der Waals surface area contributed by atoms with Gasteiger partial charge in [-0.15, -0.1) is 0 Å². The Morgan fingerprint density at radius 2 is 2.10 bits per heavy atom. The summed E-state index contributed by atoms with van der Waals surface area (Å²) in [6.07, 6.45) is 1.44. The smallest absolute Gasteiger partial charge is 0.266 e. The van der Waals surface area contributed by atoms with Crippen LogP contribution in [0, 0.1) is 12.7 Å². The molecule has 0 fully saturated rings. The zero-order valence-corrected chi connectivity index (χ0v) is 12.8. The molecule has 0 atom stereocenters. The van der Waals surface area contributed by atoms with Gasteiger partial charge in [0.15, 0.2) is 0 Å². The Balaban J connectivity index is 2.47. The average Bonchev–Trinajstić information content (AvgIpc) is 2.36. The molecule has 0 aliphatic carbocycles. The van der Waals surface area contributed by atoms with E-state index in [0.29, 0.717) is 10.0 Å². The first-order valence-electron chi connectivity index (χ1n) is 5.50. The summed E-state index contributed by atoms with van der Waals surface area (Å²) >= 11 is 3.03. The molecule has 0 amide bonds. The number of aromatic nitrogens is 1. The fourth-order valence-electron chi connectivity index (χ4n) is 1.53. The van der Waals surface area contributed by atoms with Gasteiger partial charge >= 0.3 is 0 Å². The summed E-state index contributed by atoms with van der Waals surface area (Å²) in [5, 5.41) is 0. The normalized spacial score (nSPS) is 11.3. The van der Waals surface area contributed by atoms with Gasteiger partial charge in [0, 0.05) is 16.4 Å². The molecule has 1 heterocycles. The predicted molar refractivity (Wildman–Crippen MR) is 78.3 cm³/mol. The number of benzene rings is 1. The second-order valence-electron chi connectivity index (χ2n) is 4.08. The SMILES string of the molecule is Cc1cccnc1NS(=O)(=O)c1cc(N)c(Br)cc1F. The number of pyridine rings is 1. The maximum absolute atomic E-state index is 13.8. The number of hydrogen-bond donors (Lipinski definition) is 2. The molecular weight excluding hydrogens is 349 g/mol. The fraction of sp³-hybridized carbons (Fsp3) is 0.0833. The Morgan fingerprint density at radius 1 is 1.40 bits per heavy atom. The summed E-state index contributed by atoms with van der Waals surface area (Å²) in [4.78, 5) is 3.38. The molecule has 2 rings (SSSR count). The summed E-state index contributed by atoms with van der Waals surface area (Å²) in [6, 6.07) is 5.43. The zero-order chi connectivity index (χ0) is 14.9. The molecule has 8 heteroatoms. The molecule has 0 radical (unpaired) electrons. The Labute approximate surface area is 124 Å². The number of nitrogens with two attached hydrogens (primary N) is 1. The first-order valence-corrected chi connectivity index (χ1v) is 7.78. The van der Waals surface area contributed by atoms with Crippen molar-refractivity contribution in [2.45, 2.75) is 11.8 Å². The highest BCUT2D eigenvalue weighted by Gasteiger charge is 2.21. The van der Waals surface area contributed by atoms with Crippen LogP contribution >= 0.6 is 15.9 Å². The van der Waals surface area contributed by atoms with E-state index in [2.05, 4.69) is 25.6 Å². The minimum atomic E-state index is -4.09. The van der Waals surface area contributed by atoms with Gasteiger partial charge in [-0.3, -0.25) is 4.72 Å². The van der Waals surface area contributed by atoms with Gasteiger partial charge in [-0.2, -0.15) is 0 Å². The summed E-state index contributed by atoms with van der Waals surface area (Å²) in [6.45, 7) is 1.69. The van der Waals surface area contributed by atoms with Crippen molar-refractivity contribution < 1.29 is 12.8 Å². The first-order chi connectivity index (χ1) is 9.31. The van der Waals surface area contributed by atoms with Crippen LogP contribution in [0.3, 0.4) is 0 Å². The van der Waals surface area contributed by atoms with Crippen LogP contribution in [0.5, 0.6) is 0 Å². The molecule has 0 unspecified atom stereocenters. The second-order valence-corrected chi connectivity index (χ2v) is 6.58. The molecule has 5 nitrogen and oxygen atoms in total. The van der Waals surface area contributed by atoms with Crippen LogP contribution in [0.25, 0.3) is 0 Å². The van der Waals surface area contributed by atoms with Crippen molar-refractivity contribution in [1.29, 1.82) is 0 Å². The molecule has 1 aromatic heterocycles. The van der Waals surface area contributed by atoms with Crippen molar-refractivity contribution in [2.75, 3.05) is 10.5 Å².